The zero-order chi connectivity index (χ0) is 10.1. The zero-order valence-electron chi connectivity index (χ0n) is 8.11. The van der Waals surface area contributed by atoms with Gasteiger partial charge in [-0.15, -0.1) is 0 Å². The molecule has 0 N–H and O–H groups in total. The molecule has 0 aromatic carbocycles. The standard InChI is InChI=1S/C11H10N2O/c1-7(2)8-6-14-10-3-4-13-9(5-12)11(8)10/h3-4,6-7H,1-2H3. The minimum absolute atomic E-state index is 0.340. The topological polar surface area (TPSA) is 49.8 Å². The Morgan fingerprint density at radius 3 is 2.93 bits per heavy atom. The number of nitriles is 1. The van der Waals surface area contributed by atoms with Crippen molar-refractivity contribution in [3.05, 3.63) is 29.8 Å². The van der Waals surface area contributed by atoms with Crippen molar-refractivity contribution in [3.8, 4) is 6.07 Å². The van der Waals surface area contributed by atoms with Gasteiger partial charge in [0.1, 0.15) is 11.7 Å². The third-order valence-corrected chi connectivity index (χ3v) is 2.24. The summed E-state index contributed by atoms with van der Waals surface area (Å²) in [4.78, 5) is 4.02. The second-order valence-corrected chi connectivity index (χ2v) is 3.49. The van der Waals surface area contributed by atoms with Crippen molar-refractivity contribution in [2.75, 3.05) is 0 Å². The average molecular weight is 186 g/mol. The van der Waals surface area contributed by atoms with Crippen LogP contribution in [0.15, 0.2) is 22.9 Å². The molecule has 14 heavy (non-hydrogen) atoms. The van der Waals surface area contributed by atoms with E-state index in [1.54, 1.807) is 18.5 Å². The number of rotatable bonds is 1. The van der Waals surface area contributed by atoms with Crippen molar-refractivity contribution in [2.45, 2.75) is 19.8 Å². The number of hydrogen-bond acceptors (Lipinski definition) is 3. The Balaban J connectivity index is 2.83. The molecule has 3 nitrogen and oxygen atoms in total. The van der Waals surface area contributed by atoms with Crippen LogP contribution in [0.1, 0.15) is 31.0 Å². The SMILES string of the molecule is CC(C)c1coc2ccnc(C#N)c12. The van der Waals surface area contributed by atoms with Crippen LogP contribution in [0.3, 0.4) is 0 Å². The Labute approximate surface area is 82.0 Å². The van der Waals surface area contributed by atoms with Gasteiger partial charge in [-0.25, -0.2) is 4.98 Å². The molecule has 0 aliphatic carbocycles. The van der Waals surface area contributed by atoms with Crippen molar-refractivity contribution in [3.63, 3.8) is 0 Å². The Morgan fingerprint density at radius 2 is 2.29 bits per heavy atom. The van der Waals surface area contributed by atoms with Gasteiger partial charge in [0.25, 0.3) is 0 Å². The van der Waals surface area contributed by atoms with Crippen molar-refractivity contribution in [2.24, 2.45) is 0 Å². The quantitative estimate of drug-likeness (QED) is 0.688. The first-order valence-electron chi connectivity index (χ1n) is 4.50. The van der Waals surface area contributed by atoms with Gasteiger partial charge in [-0.1, -0.05) is 13.8 Å². The maximum Gasteiger partial charge on any atom is 0.151 e. The summed E-state index contributed by atoms with van der Waals surface area (Å²) in [5.41, 5.74) is 2.23. The summed E-state index contributed by atoms with van der Waals surface area (Å²) in [6, 6.07) is 3.86. The monoisotopic (exact) mass is 186 g/mol. The summed E-state index contributed by atoms with van der Waals surface area (Å²) < 4.78 is 5.36. The lowest BCUT2D eigenvalue weighted by Gasteiger charge is -2.00. The number of aromatic nitrogens is 1. The molecule has 0 saturated heterocycles. The molecule has 2 rings (SSSR count). The Hall–Kier alpha value is -1.82. The second kappa shape index (κ2) is 3.15. The van der Waals surface area contributed by atoms with Gasteiger partial charge >= 0.3 is 0 Å². The van der Waals surface area contributed by atoms with Gasteiger partial charge in [-0.2, -0.15) is 5.26 Å². The summed E-state index contributed by atoms with van der Waals surface area (Å²) in [7, 11) is 0. The molecule has 2 aromatic heterocycles. The Morgan fingerprint density at radius 1 is 1.50 bits per heavy atom. The van der Waals surface area contributed by atoms with Gasteiger partial charge in [0.05, 0.1) is 11.6 Å². The van der Waals surface area contributed by atoms with Gasteiger partial charge in [0, 0.05) is 11.8 Å². The molecule has 2 aromatic rings. The van der Waals surface area contributed by atoms with Crippen LogP contribution in [0.2, 0.25) is 0 Å². The van der Waals surface area contributed by atoms with Crippen LogP contribution in [-0.4, -0.2) is 4.98 Å². The van der Waals surface area contributed by atoms with Gasteiger partial charge in [-0.05, 0) is 12.0 Å². The summed E-state index contributed by atoms with van der Waals surface area (Å²) in [5.74, 6) is 0.340. The summed E-state index contributed by atoms with van der Waals surface area (Å²) in [6.07, 6.45) is 3.30. The third kappa shape index (κ3) is 1.16. The fourth-order valence-electron chi connectivity index (χ4n) is 1.52. The molecular formula is C11H10N2O. The van der Waals surface area contributed by atoms with Crippen molar-refractivity contribution < 1.29 is 4.42 Å². The molecule has 2 heterocycles. The fourth-order valence-corrected chi connectivity index (χ4v) is 1.52. The van der Waals surface area contributed by atoms with Crippen LogP contribution in [0.25, 0.3) is 11.0 Å². The smallest absolute Gasteiger partial charge is 0.151 e. The van der Waals surface area contributed by atoms with Crippen LogP contribution in [0.5, 0.6) is 0 Å². The number of fused-ring (bicyclic) bond motifs is 1. The van der Waals surface area contributed by atoms with Crippen molar-refractivity contribution in [1.82, 2.24) is 4.98 Å². The molecule has 3 heteroatoms. The first-order valence-corrected chi connectivity index (χ1v) is 4.50. The summed E-state index contributed by atoms with van der Waals surface area (Å²) in [6.45, 7) is 4.14. The third-order valence-electron chi connectivity index (χ3n) is 2.24. The maximum absolute atomic E-state index is 8.91. The van der Waals surface area contributed by atoms with Crippen molar-refractivity contribution in [1.29, 1.82) is 5.26 Å². The van der Waals surface area contributed by atoms with Crippen molar-refractivity contribution >= 4 is 11.0 Å². The lowest BCUT2D eigenvalue weighted by Crippen LogP contribution is -1.88. The summed E-state index contributed by atoms with van der Waals surface area (Å²) >= 11 is 0. The molecular weight excluding hydrogens is 176 g/mol. The number of nitrogens with zero attached hydrogens (tertiary/aromatic N) is 2. The zero-order valence-corrected chi connectivity index (χ0v) is 8.11. The molecule has 0 unspecified atom stereocenters. The highest BCUT2D eigenvalue weighted by atomic mass is 16.3. The largest absolute Gasteiger partial charge is 0.464 e. The lowest BCUT2D eigenvalue weighted by molar-refractivity contribution is 0.606. The molecule has 0 bridgehead atoms. The van der Waals surface area contributed by atoms with Crippen LogP contribution in [0.4, 0.5) is 0 Å². The molecule has 0 amide bonds. The predicted octanol–water partition coefficient (Wildman–Crippen LogP) is 2.82. The van der Waals surface area contributed by atoms with E-state index in [0.29, 0.717) is 11.6 Å². The Bertz CT molecular complexity index is 505. The molecule has 70 valence electrons. The molecule has 0 saturated carbocycles. The van der Waals surface area contributed by atoms with E-state index in [2.05, 4.69) is 24.9 Å². The second-order valence-electron chi connectivity index (χ2n) is 3.49. The molecule has 0 spiro atoms. The average Bonchev–Trinajstić information content (AvgIpc) is 2.60. The van der Waals surface area contributed by atoms with Gasteiger partial charge in [0.15, 0.2) is 5.69 Å². The van der Waals surface area contributed by atoms with E-state index in [1.807, 2.05) is 0 Å². The van der Waals surface area contributed by atoms with Crippen LogP contribution in [-0.2, 0) is 0 Å². The van der Waals surface area contributed by atoms with Crippen LogP contribution in [0, 0.1) is 11.3 Å². The highest BCUT2D eigenvalue weighted by molar-refractivity contribution is 5.85. The Kier molecular flexibility index (Phi) is 1.97. The molecule has 0 atom stereocenters. The van der Waals surface area contributed by atoms with E-state index in [1.165, 1.54) is 0 Å². The molecule has 0 aliphatic heterocycles. The highest BCUT2D eigenvalue weighted by Crippen LogP contribution is 2.28. The number of furan rings is 1. The van der Waals surface area contributed by atoms with E-state index in [4.69, 9.17) is 9.68 Å². The normalized spacial score (nSPS) is 10.7. The van der Waals surface area contributed by atoms with E-state index < -0.39 is 0 Å². The lowest BCUT2D eigenvalue weighted by atomic mass is 10.0. The first kappa shape index (κ1) is 8.76. The van der Waals surface area contributed by atoms with E-state index in [0.717, 1.165) is 16.5 Å². The van der Waals surface area contributed by atoms with Crippen LogP contribution >= 0.6 is 0 Å². The number of pyridine rings is 1. The van der Waals surface area contributed by atoms with E-state index >= 15 is 0 Å². The molecule has 0 aliphatic rings. The number of hydrogen-bond donors (Lipinski definition) is 0. The molecule has 0 radical (unpaired) electrons. The van der Waals surface area contributed by atoms with Gasteiger partial charge in [0.2, 0.25) is 0 Å². The van der Waals surface area contributed by atoms with Crippen LogP contribution < -0.4 is 0 Å². The fraction of sp³-hybridized carbons (Fsp3) is 0.273. The molecule has 0 fully saturated rings. The summed E-state index contributed by atoms with van der Waals surface area (Å²) in [5, 5.41) is 9.76. The highest BCUT2D eigenvalue weighted by Gasteiger charge is 2.13. The van der Waals surface area contributed by atoms with E-state index in [9.17, 15) is 0 Å². The van der Waals surface area contributed by atoms with Gasteiger partial charge < -0.3 is 4.42 Å². The minimum Gasteiger partial charge on any atom is -0.464 e. The maximum atomic E-state index is 8.91. The minimum atomic E-state index is 0.340. The van der Waals surface area contributed by atoms with E-state index in [-0.39, 0.29) is 0 Å². The van der Waals surface area contributed by atoms with Gasteiger partial charge in [-0.3, -0.25) is 0 Å². The first-order chi connectivity index (χ1) is 6.74. The predicted molar refractivity (Wildman–Crippen MR) is 52.8 cm³/mol.